The van der Waals surface area contributed by atoms with E-state index < -0.39 is 0 Å². The van der Waals surface area contributed by atoms with Crippen LogP contribution in [0.5, 0.6) is 0 Å². The van der Waals surface area contributed by atoms with Crippen LogP contribution in [-0.4, -0.2) is 9.97 Å². The van der Waals surface area contributed by atoms with Gasteiger partial charge in [0.15, 0.2) is 0 Å². The van der Waals surface area contributed by atoms with Crippen LogP contribution in [0.1, 0.15) is 5.56 Å². The smallest absolute Gasteiger partial charge is 0.139 e. The van der Waals surface area contributed by atoms with Crippen molar-refractivity contribution in [3.8, 4) is 11.4 Å². The third kappa shape index (κ3) is 1.88. The molecule has 90 valence electrons. The zero-order valence-electron chi connectivity index (χ0n) is 9.65. The second-order valence-electron chi connectivity index (χ2n) is 4.12. The Morgan fingerprint density at radius 2 is 2.00 bits per heavy atom. The normalized spacial score (nSPS) is 11.0. The van der Waals surface area contributed by atoms with E-state index in [9.17, 15) is 0 Å². The van der Waals surface area contributed by atoms with Crippen LogP contribution in [0.4, 0.5) is 0 Å². The molecule has 0 aliphatic rings. The molecule has 1 heterocycles. The molecular weight excluding hydrogens is 246 g/mol. The molecule has 2 aromatic carbocycles. The molecule has 3 aromatic rings. The monoisotopic (exact) mass is 257 g/mol. The van der Waals surface area contributed by atoms with Crippen LogP contribution in [-0.2, 0) is 6.54 Å². The van der Waals surface area contributed by atoms with Crippen molar-refractivity contribution in [2.45, 2.75) is 6.54 Å². The van der Waals surface area contributed by atoms with Gasteiger partial charge in [0.2, 0.25) is 0 Å². The van der Waals surface area contributed by atoms with E-state index in [-0.39, 0.29) is 0 Å². The lowest BCUT2D eigenvalue weighted by Crippen LogP contribution is -1.95. The van der Waals surface area contributed by atoms with E-state index >= 15 is 0 Å². The highest BCUT2D eigenvalue weighted by molar-refractivity contribution is 6.33. The minimum absolute atomic E-state index is 0.524. The Morgan fingerprint density at radius 3 is 2.78 bits per heavy atom. The van der Waals surface area contributed by atoms with Gasteiger partial charge in [0.05, 0.1) is 16.1 Å². The maximum absolute atomic E-state index is 6.16. The standard InChI is InChI=1S/C14H12ClN3/c15-11-4-2-1-3-10(11)14-17-12-6-5-9(8-16)7-13(12)18-14/h1-7H,8,16H2,(H,17,18). The molecule has 4 heteroatoms. The van der Waals surface area contributed by atoms with Gasteiger partial charge in [-0.3, -0.25) is 0 Å². The highest BCUT2D eigenvalue weighted by atomic mass is 35.5. The number of hydrogen-bond donors (Lipinski definition) is 2. The number of fused-ring (bicyclic) bond motifs is 1. The minimum Gasteiger partial charge on any atom is -0.338 e. The van der Waals surface area contributed by atoms with E-state index in [2.05, 4.69) is 9.97 Å². The Balaban J connectivity index is 2.17. The Kier molecular flexibility index (Phi) is 2.78. The maximum Gasteiger partial charge on any atom is 0.139 e. The molecular formula is C14H12ClN3. The number of benzene rings is 2. The number of halogens is 1. The van der Waals surface area contributed by atoms with E-state index in [1.807, 2.05) is 42.5 Å². The molecule has 1 aromatic heterocycles. The summed E-state index contributed by atoms with van der Waals surface area (Å²) in [6.45, 7) is 0.524. The van der Waals surface area contributed by atoms with E-state index in [4.69, 9.17) is 17.3 Å². The first-order valence-electron chi connectivity index (χ1n) is 5.71. The van der Waals surface area contributed by atoms with Crippen molar-refractivity contribution in [2.24, 2.45) is 5.73 Å². The first kappa shape index (κ1) is 11.3. The third-order valence-electron chi connectivity index (χ3n) is 2.91. The van der Waals surface area contributed by atoms with Gasteiger partial charge in [-0.15, -0.1) is 0 Å². The molecule has 3 N–H and O–H groups in total. The van der Waals surface area contributed by atoms with Crippen molar-refractivity contribution in [2.75, 3.05) is 0 Å². The Morgan fingerprint density at radius 1 is 1.17 bits per heavy atom. The van der Waals surface area contributed by atoms with Gasteiger partial charge in [-0.05, 0) is 29.8 Å². The summed E-state index contributed by atoms with van der Waals surface area (Å²) >= 11 is 6.16. The summed E-state index contributed by atoms with van der Waals surface area (Å²) in [6, 6.07) is 13.6. The van der Waals surface area contributed by atoms with E-state index in [0.29, 0.717) is 11.6 Å². The summed E-state index contributed by atoms with van der Waals surface area (Å²) in [4.78, 5) is 7.81. The van der Waals surface area contributed by atoms with Gasteiger partial charge in [0.1, 0.15) is 5.82 Å². The van der Waals surface area contributed by atoms with Crippen LogP contribution >= 0.6 is 11.6 Å². The summed E-state index contributed by atoms with van der Waals surface area (Å²) in [5.41, 5.74) is 9.51. The van der Waals surface area contributed by atoms with Gasteiger partial charge >= 0.3 is 0 Å². The second kappa shape index (κ2) is 4.44. The molecule has 0 fully saturated rings. The summed E-state index contributed by atoms with van der Waals surface area (Å²) < 4.78 is 0. The van der Waals surface area contributed by atoms with Crippen LogP contribution < -0.4 is 5.73 Å². The molecule has 0 aliphatic carbocycles. The third-order valence-corrected chi connectivity index (χ3v) is 3.24. The topological polar surface area (TPSA) is 54.7 Å². The SMILES string of the molecule is NCc1ccc2nc(-c3ccccc3Cl)[nH]c2c1. The minimum atomic E-state index is 0.524. The number of aromatic nitrogens is 2. The van der Waals surface area contributed by atoms with Gasteiger partial charge in [-0.2, -0.15) is 0 Å². The van der Waals surface area contributed by atoms with Crippen LogP contribution in [0, 0.1) is 0 Å². The predicted octanol–water partition coefficient (Wildman–Crippen LogP) is 3.34. The molecule has 0 saturated heterocycles. The summed E-state index contributed by atoms with van der Waals surface area (Å²) in [5.74, 6) is 0.782. The Bertz CT molecular complexity index is 703. The molecule has 3 rings (SSSR count). The van der Waals surface area contributed by atoms with Gasteiger partial charge < -0.3 is 10.7 Å². The van der Waals surface area contributed by atoms with Crippen LogP contribution in [0.3, 0.4) is 0 Å². The van der Waals surface area contributed by atoms with Gasteiger partial charge in [0.25, 0.3) is 0 Å². The lowest BCUT2D eigenvalue weighted by atomic mass is 10.2. The van der Waals surface area contributed by atoms with Crippen LogP contribution in [0.25, 0.3) is 22.4 Å². The van der Waals surface area contributed by atoms with Crippen molar-refractivity contribution in [3.05, 3.63) is 53.1 Å². The molecule has 0 spiro atoms. The van der Waals surface area contributed by atoms with Crippen molar-refractivity contribution >= 4 is 22.6 Å². The van der Waals surface area contributed by atoms with Crippen molar-refractivity contribution in [3.63, 3.8) is 0 Å². The number of H-pyrrole nitrogens is 1. The second-order valence-corrected chi connectivity index (χ2v) is 4.53. The lowest BCUT2D eigenvalue weighted by Gasteiger charge is -1.98. The van der Waals surface area contributed by atoms with E-state index in [1.165, 1.54) is 0 Å². The molecule has 0 unspecified atom stereocenters. The number of hydrogen-bond acceptors (Lipinski definition) is 2. The number of nitrogens with zero attached hydrogens (tertiary/aromatic N) is 1. The number of rotatable bonds is 2. The first-order valence-corrected chi connectivity index (χ1v) is 6.09. The lowest BCUT2D eigenvalue weighted by molar-refractivity contribution is 1.07. The summed E-state index contributed by atoms with van der Waals surface area (Å²) in [7, 11) is 0. The fraction of sp³-hybridized carbons (Fsp3) is 0.0714. The number of nitrogens with two attached hydrogens (primary N) is 1. The van der Waals surface area contributed by atoms with Crippen molar-refractivity contribution in [1.29, 1.82) is 0 Å². The van der Waals surface area contributed by atoms with Crippen molar-refractivity contribution < 1.29 is 0 Å². The van der Waals surface area contributed by atoms with Gasteiger partial charge in [-0.1, -0.05) is 29.8 Å². The molecule has 0 aliphatic heterocycles. The molecule has 0 atom stereocenters. The number of nitrogens with one attached hydrogen (secondary N) is 1. The van der Waals surface area contributed by atoms with Crippen LogP contribution in [0.15, 0.2) is 42.5 Å². The predicted molar refractivity (Wildman–Crippen MR) is 74.4 cm³/mol. The van der Waals surface area contributed by atoms with Crippen LogP contribution in [0.2, 0.25) is 5.02 Å². The molecule has 0 radical (unpaired) electrons. The fourth-order valence-corrected chi connectivity index (χ4v) is 2.19. The zero-order valence-corrected chi connectivity index (χ0v) is 10.4. The maximum atomic E-state index is 6.16. The molecule has 18 heavy (non-hydrogen) atoms. The summed E-state index contributed by atoms with van der Waals surface area (Å²) in [6.07, 6.45) is 0. The summed E-state index contributed by atoms with van der Waals surface area (Å²) in [5, 5.41) is 0.690. The van der Waals surface area contributed by atoms with Crippen molar-refractivity contribution in [1.82, 2.24) is 9.97 Å². The number of aromatic amines is 1. The zero-order chi connectivity index (χ0) is 12.5. The Labute approximate surface area is 110 Å². The highest BCUT2D eigenvalue weighted by Crippen LogP contribution is 2.27. The largest absolute Gasteiger partial charge is 0.338 e. The average molecular weight is 258 g/mol. The fourth-order valence-electron chi connectivity index (χ4n) is 1.96. The molecule has 0 bridgehead atoms. The molecule has 3 nitrogen and oxygen atoms in total. The highest BCUT2D eigenvalue weighted by Gasteiger charge is 2.08. The average Bonchev–Trinajstić information content (AvgIpc) is 2.81. The quantitative estimate of drug-likeness (QED) is 0.740. The van der Waals surface area contributed by atoms with E-state index in [0.717, 1.165) is 28.0 Å². The van der Waals surface area contributed by atoms with Gasteiger partial charge in [0, 0.05) is 12.1 Å². The Hall–Kier alpha value is -1.84. The van der Waals surface area contributed by atoms with E-state index in [1.54, 1.807) is 0 Å². The first-order chi connectivity index (χ1) is 8.78. The van der Waals surface area contributed by atoms with Gasteiger partial charge in [-0.25, -0.2) is 4.98 Å². The molecule has 0 amide bonds. The number of imidazole rings is 1. The molecule has 0 saturated carbocycles.